The van der Waals surface area contributed by atoms with Crippen molar-refractivity contribution in [3.8, 4) is 0 Å². The van der Waals surface area contributed by atoms with Crippen LogP contribution in [0.2, 0.25) is 0 Å². The maximum absolute atomic E-state index is 6.37. The molecule has 0 bridgehead atoms. The zero-order valence-corrected chi connectivity index (χ0v) is 10.0. The lowest BCUT2D eigenvalue weighted by molar-refractivity contribution is 0.0641. The summed E-state index contributed by atoms with van der Waals surface area (Å²) >= 11 is 0. The zero-order chi connectivity index (χ0) is 10.9. The first-order valence-corrected chi connectivity index (χ1v) is 6.21. The Kier molecular flexibility index (Phi) is 3.33. The van der Waals surface area contributed by atoms with Crippen molar-refractivity contribution in [2.75, 3.05) is 26.2 Å². The Morgan fingerprint density at radius 1 is 1.47 bits per heavy atom. The molecule has 1 saturated carbocycles. The van der Waals surface area contributed by atoms with E-state index in [-0.39, 0.29) is 5.54 Å². The van der Waals surface area contributed by atoms with Crippen molar-refractivity contribution >= 4 is 0 Å². The van der Waals surface area contributed by atoms with Crippen LogP contribution in [0.25, 0.3) is 0 Å². The SMILES string of the molecule is CC1CN(CC(C)(N)C2CC2)CCCO1. The number of hydrogen-bond donors (Lipinski definition) is 1. The molecule has 1 saturated heterocycles. The third kappa shape index (κ3) is 3.16. The number of ether oxygens (including phenoxy) is 1. The Bertz CT molecular complexity index is 214. The highest BCUT2D eigenvalue weighted by Crippen LogP contribution is 2.38. The maximum Gasteiger partial charge on any atom is 0.0673 e. The van der Waals surface area contributed by atoms with Gasteiger partial charge >= 0.3 is 0 Å². The number of hydrogen-bond acceptors (Lipinski definition) is 3. The van der Waals surface area contributed by atoms with E-state index in [4.69, 9.17) is 10.5 Å². The summed E-state index contributed by atoms with van der Waals surface area (Å²) in [6.45, 7) is 8.49. The summed E-state index contributed by atoms with van der Waals surface area (Å²) in [6.07, 6.45) is 4.16. The monoisotopic (exact) mass is 212 g/mol. The van der Waals surface area contributed by atoms with Crippen LogP contribution >= 0.6 is 0 Å². The molecule has 3 nitrogen and oxygen atoms in total. The van der Waals surface area contributed by atoms with E-state index < -0.39 is 0 Å². The molecule has 0 aromatic rings. The van der Waals surface area contributed by atoms with Crippen LogP contribution < -0.4 is 5.73 Å². The molecule has 0 radical (unpaired) electrons. The fourth-order valence-electron chi connectivity index (χ4n) is 2.58. The summed E-state index contributed by atoms with van der Waals surface area (Å²) in [6, 6.07) is 0. The molecule has 1 aliphatic carbocycles. The zero-order valence-electron chi connectivity index (χ0n) is 10.0. The van der Waals surface area contributed by atoms with Crippen molar-refractivity contribution in [2.45, 2.75) is 44.8 Å². The minimum absolute atomic E-state index is 0.0179. The molecular weight excluding hydrogens is 188 g/mol. The Labute approximate surface area is 93.0 Å². The standard InChI is InChI=1S/C12H24N2O/c1-10-8-14(6-3-7-15-10)9-12(2,13)11-4-5-11/h10-11H,3-9,13H2,1-2H3. The average molecular weight is 212 g/mol. The van der Waals surface area contributed by atoms with Crippen LogP contribution in [0.4, 0.5) is 0 Å². The first-order valence-electron chi connectivity index (χ1n) is 6.21. The van der Waals surface area contributed by atoms with Crippen LogP contribution in [0.3, 0.4) is 0 Å². The van der Waals surface area contributed by atoms with Crippen LogP contribution in [-0.2, 0) is 4.74 Å². The highest BCUT2D eigenvalue weighted by Gasteiger charge is 2.39. The molecule has 2 N–H and O–H groups in total. The van der Waals surface area contributed by atoms with Gasteiger partial charge in [0.05, 0.1) is 6.10 Å². The molecule has 3 heteroatoms. The molecule has 0 aromatic carbocycles. The van der Waals surface area contributed by atoms with Gasteiger partial charge in [-0.1, -0.05) is 0 Å². The van der Waals surface area contributed by atoms with Gasteiger partial charge in [0.1, 0.15) is 0 Å². The van der Waals surface area contributed by atoms with Crippen LogP contribution in [0, 0.1) is 5.92 Å². The van der Waals surface area contributed by atoms with Crippen molar-refractivity contribution in [1.29, 1.82) is 0 Å². The summed E-state index contributed by atoms with van der Waals surface area (Å²) < 4.78 is 5.64. The second-order valence-electron chi connectivity index (χ2n) is 5.55. The number of nitrogens with two attached hydrogens (primary N) is 1. The smallest absolute Gasteiger partial charge is 0.0673 e. The van der Waals surface area contributed by atoms with Crippen LogP contribution in [0.1, 0.15) is 33.1 Å². The Hall–Kier alpha value is -0.120. The number of nitrogens with zero attached hydrogens (tertiary/aromatic N) is 1. The van der Waals surface area contributed by atoms with E-state index in [0.29, 0.717) is 6.10 Å². The second kappa shape index (κ2) is 4.40. The summed E-state index contributed by atoms with van der Waals surface area (Å²) in [5.74, 6) is 0.761. The molecule has 2 fully saturated rings. The lowest BCUT2D eigenvalue weighted by atomic mass is 9.96. The van der Waals surface area contributed by atoms with Crippen molar-refractivity contribution in [3.63, 3.8) is 0 Å². The van der Waals surface area contributed by atoms with Gasteiger partial charge in [0, 0.05) is 31.8 Å². The van der Waals surface area contributed by atoms with Gasteiger partial charge in [-0.05, 0) is 39.0 Å². The van der Waals surface area contributed by atoms with Crippen molar-refractivity contribution in [2.24, 2.45) is 11.7 Å². The van der Waals surface area contributed by atoms with E-state index in [1.54, 1.807) is 0 Å². The number of rotatable bonds is 3. The Balaban J connectivity index is 1.86. The van der Waals surface area contributed by atoms with E-state index in [9.17, 15) is 0 Å². The molecule has 88 valence electrons. The van der Waals surface area contributed by atoms with E-state index in [0.717, 1.165) is 38.6 Å². The summed E-state index contributed by atoms with van der Waals surface area (Å²) in [5, 5.41) is 0. The van der Waals surface area contributed by atoms with E-state index in [1.807, 2.05) is 0 Å². The van der Waals surface area contributed by atoms with Gasteiger partial charge in [0.25, 0.3) is 0 Å². The summed E-state index contributed by atoms with van der Waals surface area (Å²) in [4.78, 5) is 2.48. The fraction of sp³-hybridized carbons (Fsp3) is 1.00. The van der Waals surface area contributed by atoms with Gasteiger partial charge in [-0.15, -0.1) is 0 Å². The second-order valence-corrected chi connectivity index (χ2v) is 5.55. The van der Waals surface area contributed by atoms with E-state index in [1.165, 1.54) is 12.8 Å². The van der Waals surface area contributed by atoms with Gasteiger partial charge < -0.3 is 10.5 Å². The minimum Gasteiger partial charge on any atom is -0.377 e. The topological polar surface area (TPSA) is 38.5 Å². The van der Waals surface area contributed by atoms with E-state index >= 15 is 0 Å². The lowest BCUT2D eigenvalue weighted by Crippen LogP contribution is -2.50. The van der Waals surface area contributed by atoms with Gasteiger partial charge in [0.15, 0.2) is 0 Å². The predicted molar refractivity (Wildman–Crippen MR) is 61.8 cm³/mol. The molecule has 2 aliphatic rings. The predicted octanol–water partition coefficient (Wildman–Crippen LogP) is 1.22. The minimum atomic E-state index is 0.0179. The highest BCUT2D eigenvalue weighted by molar-refractivity contribution is 4.97. The highest BCUT2D eigenvalue weighted by atomic mass is 16.5. The van der Waals surface area contributed by atoms with Crippen LogP contribution in [0.5, 0.6) is 0 Å². The first kappa shape index (κ1) is 11.4. The molecule has 0 aromatic heterocycles. The van der Waals surface area contributed by atoms with E-state index in [2.05, 4.69) is 18.7 Å². The van der Waals surface area contributed by atoms with Crippen molar-refractivity contribution < 1.29 is 4.74 Å². The Morgan fingerprint density at radius 2 is 2.20 bits per heavy atom. The Morgan fingerprint density at radius 3 is 2.87 bits per heavy atom. The van der Waals surface area contributed by atoms with Crippen LogP contribution in [-0.4, -0.2) is 42.8 Å². The summed E-state index contributed by atoms with van der Waals surface area (Å²) in [7, 11) is 0. The lowest BCUT2D eigenvalue weighted by Gasteiger charge is -2.32. The quantitative estimate of drug-likeness (QED) is 0.764. The van der Waals surface area contributed by atoms with Gasteiger partial charge in [-0.3, -0.25) is 4.90 Å². The molecule has 2 rings (SSSR count). The van der Waals surface area contributed by atoms with Gasteiger partial charge in [-0.2, -0.15) is 0 Å². The third-order valence-electron chi connectivity index (χ3n) is 3.61. The molecule has 0 spiro atoms. The molecule has 1 aliphatic heterocycles. The van der Waals surface area contributed by atoms with Crippen molar-refractivity contribution in [3.05, 3.63) is 0 Å². The van der Waals surface area contributed by atoms with Gasteiger partial charge in [0.2, 0.25) is 0 Å². The summed E-state index contributed by atoms with van der Waals surface area (Å²) in [5.41, 5.74) is 6.38. The van der Waals surface area contributed by atoms with Crippen molar-refractivity contribution in [1.82, 2.24) is 4.90 Å². The maximum atomic E-state index is 6.37. The molecule has 2 unspecified atom stereocenters. The normalized spacial score (nSPS) is 33.4. The molecular formula is C12H24N2O. The largest absolute Gasteiger partial charge is 0.377 e. The molecule has 0 amide bonds. The average Bonchev–Trinajstić information content (AvgIpc) is 2.90. The third-order valence-corrected chi connectivity index (χ3v) is 3.61. The molecule has 15 heavy (non-hydrogen) atoms. The van der Waals surface area contributed by atoms with Crippen LogP contribution in [0.15, 0.2) is 0 Å². The fourth-order valence-corrected chi connectivity index (χ4v) is 2.58. The molecule has 2 atom stereocenters. The molecule has 1 heterocycles. The van der Waals surface area contributed by atoms with Gasteiger partial charge in [-0.25, -0.2) is 0 Å². The first-order chi connectivity index (χ1) is 7.08.